The quantitative estimate of drug-likeness (QED) is 0.369. The minimum absolute atomic E-state index is 0.000745. The number of benzene rings is 2. The number of hydrogen-bond donors (Lipinski definition) is 3. The molecule has 0 bridgehead atoms. The Morgan fingerprint density at radius 1 is 0.741 bits per heavy atom. The summed E-state index contributed by atoms with van der Waals surface area (Å²) >= 11 is 0. The van der Waals surface area contributed by atoms with Gasteiger partial charge in [0.25, 0.3) is 0 Å². The molecule has 7 heteroatoms. The van der Waals surface area contributed by atoms with Crippen molar-refractivity contribution < 1.29 is 24.2 Å². The fourth-order valence-corrected chi connectivity index (χ4v) is 2.77. The predicted molar refractivity (Wildman–Crippen MR) is 98.9 cm³/mol. The van der Waals surface area contributed by atoms with E-state index in [4.69, 9.17) is 8.83 Å². The van der Waals surface area contributed by atoms with Crippen molar-refractivity contribution in [3.05, 3.63) is 74.6 Å². The van der Waals surface area contributed by atoms with E-state index in [9.17, 15) is 24.9 Å². The lowest BCUT2D eigenvalue weighted by molar-refractivity contribution is 0.404. The van der Waals surface area contributed by atoms with Crippen LogP contribution in [0.4, 0.5) is 0 Å². The first-order chi connectivity index (χ1) is 12.9. The first-order valence-electron chi connectivity index (χ1n) is 7.86. The lowest BCUT2D eigenvalue weighted by Gasteiger charge is -2.04. The van der Waals surface area contributed by atoms with E-state index in [1.807, 2.05) is 0 Å². The molecule has 0 aliphatic heterocycles. The second-order valence-electron chi connectivity index (χ2n) is 5.88. The number of phenols is 3. The second kappa shape index (κ2) is 6.06. The zero-order valence-corrected chi connectivity index (χ0v) is 13.7. The summed E-state index contributed by atoms with van der Waals surface area (Å²) in [7, 11) is 0. The maximum absolute atomic E-state index is 12.4. The Labute approximate surface area is 150 Å². The molecule has 134 valence electrons. The van der Waals surface area contributed by atoms with Crippen LogP contribution in [-0.2, 0) is 0 Å². The summed E-state index contributed by atoms with van der Waals surface area (Å²) in [6, 6.07) is 9.92. The summed E-state index contributed by atoms with van der Waals surface area (Å²) in [6.45, 7) is 0. The standard InChI is InChI=1S/C20H12O7/c21-11-4-1-10(2-5-11)3-6-12-7-17-18(20(25)26-12)13-8-15(22)16(23)9-14(13)19(24)27-17/h1-9,21-23H/b6-3+. The number of rotatable bonds is 2. The molecule has 0 amide bonds. The predicted octanol–water partition coefficient (Wildman–Crippen LogP) is 3.19. The lowest BCUT2D eigenvalue weighted by Crippen LogP contribution is -2.07. The van der Waals surface area contributed by atoms with Crippen LogP contribution in [0.5, 0.6) is 17.2 Å². The maximum Gasteiger partial charge on any atom is 0.348 e. The van der Waals surface area contributed by atoms with E-state index in [-0.39, 0.29) is 33.3 Å². The molecular formula is C20H12O7. The minimum atomic E-state index is -0.758. The van der Waals surface area contributed by atoms with Gasteiger partial charge in [0, 0.05) is 11.5 Å². The highest BCUT2D eigenvalue weighted by atomic mass is 16.4. The third-order valence-corrected chi connectivity index (χ3v) is 4.07. The number of fused-ring (bicyclic) bond motifs is 3. The molecule has 0 spiro atoms. The van der Waals surface area contributed by atoms with Gasteiger partial charge in [0.15, 0.2) is 11.5 Å². The molecule has 0 unspecified atom stereocenters. The fourth-order valence-electron chi connectivity index (χ4n) is 2.77. The van der Waals surface area contributed by atoms with Crippen LogP contribution >= 0.6 is 0 Å². The van der Waals surface area contributed by atoms with Crippen molar-refractivity contribution in [2.24, 2.45) is 0 Å². The molecule has 0 radical (unpaired) electrons. The van der Waals surface area contributed by atoms with E-state index in [0.717, 1.165) is 17.7 Å². The molecule has 0 saturated carbocycles. The molecule has 0 atom stereocenters. The van der Waals surface area contributed by atoms with Crippen LogP contribution in [0.2, 0.25) is 0 Å². The van der Waals surface area contributed by atoms with E-state index in [1.54, 1.807) is 18.2 Å². The van der Waals surface area contributed by atoms with Gasteiger partial charge in [0.05, 0.1) is 5.39 Å². The molecule has 27 heavy (non-hydrogen) atoms. The third kappa shape index (κ3) is 2.91. The van der Waals surface area contributed by atoms with Gasteiger partial charge >= 0.3 is 11.3 Å². The molecule has 0 saturated heterocycles. The van der Waals surface area contributed by atoms with Gasteiger partial charge in [-0.3, -0.25) is 0 Å². The first-order valence-corrected chi connectivity index (χ1v) is 7.86. The van der Waals surface area contributed by atoms with Crippen molar-refractivity contribution in [2.75, 3.05) is 0 Å². The highest BCUT2D eigenvalue weighted by Crippen LogP contribution is 2.31. The van der Waals surface area contributed by atoms with Gasteiger partial charge in [0.1, 0.15) is 22.5 Å². The number of hydrogen-bond acceptors (Lipinski definition) is 7. The largest absolute Gasteiger partial charge is 0.508 e. The first kappa shape index (κ1) is 16.5. The minimum Gasteiger partial charge on any atom is -0.508 e. The highest BCUT2D eigenvalue weighted by molar-refractivity contribution is 6.05. The fraction of sp³-hybridized carbons (Fsp3) is 0. The molecule has 0 fully saturated rings. The van der Waals surface area contributed by atoms with Crippen LogP contribution in [0.15, 0.2) is 60.9 Å². The molecule has 2 heterocycles. The molecule has 4 rings (SSSR count). The van der Waals surface area contributed by atoms with Gasteiger partial charge in [-0.25, -0.2) is 9.59 Å². The van der Waals surface area contributed by atoms with Gasteiger partial charge < -0.3 is 24.2 Å². The van der Waals surface area contributed by atoms with Gasteiger partial charge in [-0.2, -0.15) is 0 Å². The Bertz CT molecular complexity index is 1330. The molecule has 4 aromatic rings. The maximum atomic E-state index is 12.4. The lowest BCUT2D eigenvalue weighted by atomic mass is 10.1. The average Bonchev–Trinajstić information content (AvgIpc) is 2.62. The Morgan fingerprint density at radius 2 is 1.41 bits per heavy atom. The molecule has 7 nitrogen and oxygen atoms in total. The molecule has 2 aromatic carbocycles. The van der Waals surface area contributed by atoms with Crippen molar-refractivity contribution in [1.82, 2.24) is 0 Å². The normalized spacial score (nSPS) is 11.6. The van der Waals surface area contributed by atoms with E-state index < -0.39 is 22.8 Å². The van der Waals surface area contributed by atoms with E-state index in [0.29, 0.717) is 0 Å². The van der Waals surface area contributed by atoms with Crippen LogP contribution in [0.1, 0.15) is 11.3 Å². The smallest absolute Gasteiger partial charge is 0.348 e. The second-order valence-corrected chi connectivity index (χ2v) is 5.88. The Hall–Kier alpha value is -4.00. The average molecular weight is 364 g/mol. The molecule has 0 aliphatic rings. The summed E-state index contributed by atoms with van der Waals surface area (Å²) in [5, 5.41) is 28.6. The highest BCUT2D eigenvalue weighted by Gasteiger charge is 2.15. The van der Waals surface area contributed by atoms with Gasteiger partial charge in [-0.1, -0.05) is 18.2 Å². The van der Waals surface area contributed by atoms with Crippen LogP contribution in [0, 0.1) is 0 Å². The summed E-state index contributed by atoms with van der Waals surface area (Å²) in [4.78, 5) is 24.6. The Morgan fingerprint density at radius 3 is 2.11 bits per heavy atom. The van der Waals surface area contributed by atoms with E-state index in [1.165, 1.54) is 24.3 Å². The van der Waals surface area contributed by atoms with E-state index in [2.05, 4.69) is 0 Å². The zero-order valence-electron chi connectivity index (χ0n) is 13.7. The van der Waals surface area contributed by atoms with Crippen molar-refractivity contribution in [1.29, 1.82) is 0 Å². The van der Waals surface area contributed by atoms with Crippen molar-refractivity contribution in [3.63, 3.8) is 0 Å². The summed E-state index contributed by atoms with van der Waals surface area (Å²) in [5.74, 6) is -0.671. The zero-order chi connectivity index (χ0) is 19.1. The van der Waals surface area contributed by atoms with Crippen LogP contribution in [0.25, 0.3) is 33.9 Å². The summed E-state index contributed by atoms with van der Waals surface area (Å²) in [6.07, 6.45) is 3.18. The third-order valence-electron chi connectivity index (χ3n) is 4.07. The van der Waals surface area contributed by atoms with Crippen LogP contribution < -0.4 is 11.3 Å². The van der Waals surface area contributed by atoms with Crippen molar-refractivity contribution in [3.8, 4) is 17.2 Å². The summed E-state index contributed by atoms with van der Waals surface area (Å²) < 4.78 is 10.4. The molecule has 0 aliphatic carbocycles. The van der Waals surface area contributed by atoms with Gasteiger partial charge in [-0.05, 0) is 35.9 Å². The Balaban J connectivity index is 1.90. The monoisotopic (exact) mass is 364 g/mol. The summed E-state index contributed by atoms with van der Waals surface area (Å²) in [5.41, 5.74) is -0.751. The van der Waals surface area contributed by atoms with Crippen LogP contribution in [-0.4, -0.2) is 15.3 Å². The SMILES string of the molecule is O=c1oc2cc(/C=C/c3ccc(O)cc3)oc(=O)c2c2cc(O)c(O)cc12. The van der Waals surface area contributed by atoms with Crippen LogP contribution in [0.3, 0.4) is 0 Å². The van der Waals surface area contributed by atoms with Crippen molar-refractivity contribution >= 4 is 33.9 Å². The number of phenolic OH excluding ortho intramolecular Hbond substituents is 3. The molecular weight excluding hydrogens is 352 g/mol. The molecule has 3 N–H and O–H groups in total. The topological polar surface area (TPSA) is 121 Å². The van der Waals surface area contributed by atoms with Gasteiger partial charge in [0.2, 0.25) is 0 Å². The Kier molecular flexibility index (Phi) is 3.70. The van der Waals surface area contributed by atoms with Crippen molar-refractivity contribution in [2.45, 2.75) is 0 Å². The van der Waals surface area contributed by atoms with E-state index >= 15 is 0 Å². The van der Waals surface area contributed by atoms with Gasteiger partial charge in [-0.15, -0.1) is 0 Å². The number of aromatic hydroxyl groups is 3. The molecule has 2 aromatic heterocycles.